The third-order valence-electron chi connectivity index (χ3n) is 8.25. The first kappa shape index (κ1) is 36.1. The van der Waals surface area contributed by atoms with Crippen molar-refractivity contribution in [1.29, 1.82) is 0 Å². The molecule has 0 unspecified atom stereocenters. The molecule has 52 heavy (non-hydrogen) atoms. The van der Waals surface area contributed by atoms with E-state index in [9.17, 15) is 14.4 Å². The summed E-state index contributed by atoms with van der Waals surface area (Å²) < 4.78 is 34.9. The molecule has 0 aliphatic heterocycles. The van der Waals surface area contributed by atoms with E-state index in [0.29, 0.717) is 97.7 Å². The Hall–Kier alpha value is -5.75. The molecule has 2 N–H and O–H groups in total. The average molecular weight is 705 g/mol. The molecule has 1 atom stereocenters. The van der Waals surface area contributed by atoms with Crippen LogP contribution in [0.5, 0.6) is 11.5 Å². The number of hydrogen-bond donors (Lipinski definition) is 1. The molecule has 0 saturated carbocycles. The number of hydrogen-bond acceptors (Lipinski definition) is 10. The fourth-order valence-electron chi connectivity index (χ4n) is 5.53. The van der Waals surface area contributed by atoms with Gasteiger partial charge in [-0.3, -0.25) is 14.4 Å². The van der Waals surface area contributed by atoms with Crippen LogP contribution in [0.1, 0.15) is 6.92 Å². The highest BCUT2D eigenvalue weighted by Crippen LogP contribution is 2.26. The maximum atomic E-state index is 12.7. The third-order valence-corrected chi connectivity index (χ3v) is 8.25. The summed E-state index contributed by atoms with van der Waals surface area (Å²) in [6.07, 6.45) is 0. The van der Waals surface area contributed by atoms with Crippen molar-refractivity contribution in [3.8, 4) is 34.1 Å². The topological polar surface area (TPSA) is 144 Å². The van der Waals surface area contributed by atoms with Crippen molar-refractivity contribution in [2.24, 2.45) is 5.73 Å². The number of fused-ring (bicyclic) bond motifs is 2. The molecule has 4 aromatic carbocycles. The van der Waals surface area contributed by atoms with Gasteiger partial charge in [-0.2, -0.15) is 0 Å². The number of rotatable bonds is 17. The van der Waals surface area contributed by atoms with Crippen molar-refractivity contribution in [1.82, 2.24) is 4.90 Å². The van der Waals surface area contributed by atoms with Gasteiger partial charge in [0.25, 0.3) is 0 Å². The number of nitrogens with two attached hydrogens (primary N) is 1. The van der Waals surface area contributed by atoms with E-state index in [4.69, 9.17) is 33.5 Å². The van der Waals surface area contributed by atoms with Gasteiger partial charge in [0, 0.05) is 36.3 Å². The number of carbonyl (C=O) groups is 1. The van der Waals surface area contributed by atoms with E-state index in [0.717, 1.165) is 11.1 Å². The van der Waals surface area contributed by atoms with Crippen LogP contribution in [0.25, 0.3) is 44.6 Å². The van der Waals surface area contributed by atoms with Crippen LogP contribution in [0.2, 0.25) is 0 Å². The summed E-state index contributed by atoms with van der Waals surface area (Å²) in [6, 6.07) is 31.2. The average Bonchev–Trinajstić information content (AvgIpc) is 3.16. The van der Waals surface area contributed by atoms with Crippen LogP contribution < -0.4 is 26.1 Å². The molecule has 0 saturated heterocycles. The molecule has 268 valence electrons. The Labute approximate surface area is 300 Å². The smallest absolute Gasteiger partial charge is 0.239 e. The first-order valence-electron chi connectivity index (χ1n) is 17.1. The van der Waals surface area contributed by atoms with Crippen LogP contribution in [0, 0.1) is 0 Å². The maximum Gasteiger partial charge on any atom is 0.239 e. The fraction of sp³-hybridized carbons (Fsp3) is 0.244. The molecule has 0 aliphatic rings. The zero-order valence-corrected chi connectivity index (χ0v) is 28.8. The lowest BCUT2D eigenvalue weighted by Crippen LogP contribution is -2.45. The van der Waals surface area contributed by atoms with Gasteiger partial charge in [0.2, 0.25) is 5.91 Å². The van der Waals surface area contributed by atoms with Crippen molar-refractivity contribution in [2.75, 3.05) is 52.7 Å². The molecule has 2 aromatic heterocycles. The summed E-state index contributed by atoms with van der Waals surface area (Å²) in [6.45, 7) is 4.27. The zero-order valence-electron chi connectivity index (χ0n) is 28.8. The Morgan fingerprint density at radius 1 is 0.615 bits per heavy atom. The van der Waals surface area contributed by atoms with E-state index in [2.05, 4.69) is 0 Å². The van der Waals surface area contributed by atoms with Crippen molar-refractivity contribution in [2.45, 2.75) is 13.0 Å². The van der Waals surface area contributed by atoms with E-state index >= 15 is 0 Å². The van der Waals surface area contributed by atoms with Gasteiger partial charge in [-0.1, -0.05) is 24.3 Å². The van der Waals surface area contributed by atoms with Crippen LogP contribution in [-0.2, 0) is 14.3 Å². The van der Waals surface area contributed by atoms with E-state index in [1.807, 2.05) is 60.7 Å². The first-order chi connectivity index (χ1) is 25.4. The molecule has 0 spiro atoms. The van der Waals surface area contributed by atoms with Gasteiger partial charge in [-0.25, -0.2) is 0 Å². The lowest BCUT2D eigenvalue weighted by molar-refractivity contribution is -0.133. The number of nitrogens with zero attached hydrogens (tertiary/aromatic N) is 1. The molecule has 0 radical (unpaired) electrons. The molecule has 11 nitrogen and oxygen atoms in total. The maximum absolute atomic E-state index is 12.7. The Bertz CT molecular complexity index is 2060. The van der Waals surface area contributed by atoms with Crippen LogP contribution in [0.3, 0.4) is 0 Å². The third kappa shape index (κ3) is 9.32. The number of benzene rings is 4. The van der Waals surface area contributed by atoms with E-state index < -0.39 is 6.04 Å². The number of carbonyl (C=O) groups excluding carboxylic acids is 1. The molecule has 1 amide bonds. The molecule has 6 aromatic rings. The van der Waals surface area contributed by atoms with Crippen LogP contribution in [0.4, 0.5) is 0 Å². The molecular formula is C41H40N2O9. The summed E-state index contributed by atoms with van der Waals surface area (Å²) in [7, 11) is 0. The predicted molar refractivity (Wildman–Crippen MR) is 199 cm³/mol. The largest absolute Gasteiger partial charge is 0.491 e. The second-order valence-corrected chi connectivity index (χ2v) is 12.0. The normalized spacial score (nSPS) is 11.8. The summed E-state index contributed by atoms with van der Waals surface area (Å²) in [5, 5.41) is 1.09. The first-order valence-corrected chi connectivity index (χ1v) is 17.1. The fourth-order valence-corrected chi connectivity index (χ4v) is 5.53. The molecule has 0 bridgehead atoms. The van der Waals surface area contributed by atoms with Crippen molar-refractivity contribution >= 4 is 27.8 Å². The lowest BCUT2D eigenvalue weighted by atomic mass is 10.1. The van der Waals surface area contributed by atoms with E-state index in [1.165, 1.54) is 12.1 Å². The Balaban J connectivity index is 0.875. The second kappa shape index (κ2) is 17.5. The van der Waals surface area contributed by atoms with E-state index in [1.54, 1.807) is 48.2 Å². The highest BCUT2D eigenvalue weighted by Gasteiger charge is 2.17. The van der Waals surface area contributed by atoms with Crippen molar-refractivity contribution in [3.63, 3.8) is 0 Å². The highest BCUT2D eigenvalue weighted by atomic mass is 16.5. The molecule has 2 heterocycles. The molecular weight excluding hydrogens is 664 g/mol. The minimum Gasteiger partial charge on any atom is -0.491 e. The molecule has 6 rings (SSSR count). The standard InChI is InChI=1S/C41H40N2O9/c1-28(42)41(46)43(18-20-47-22-24-49-31-14-10-29(11-15-31)39-26-35(44)33-6-2-4-8-37(33)51-39)19-21-48-23-25-50-32-16-12-30(13-17-32)40-27-36(45)34-7-3-5-9-38(34)52-40/h2-17,26-28H,18-25,42H2,1H3/t28-/m0/s1. The summed E-state index contributed by atoms with van der Waals surface area (Å²) in [4.78, 5) is 39.2. The van der Waals surface area contributed by atoms with Gasteiger partial charge < -0.3 is 38.4 Å². The quantitative estimate of drug-likeness (QED) is 0.114. The van der Waals surface area contributed by atoms with Crippen LogP contribution in [0.15, 0.2) is 128 Å². The number of amides is 1. The van der Waals surface area contributed by atoms with Gasteiger partial charge in [-0.05, 0) is 79.7 Å². The highest BCUT2D eigenvalue weighted by molar-refractivity contribution is 5.81. The number of para-hydroxylation sites is 2. The van der Waals surface area contributed by atoms with Crippen LogP contribution >= 0.6 is 0 Å². The van der Waals surface area contributed by atoms with Crippen molar-refractivity contribution < 1.29 is 32.6 Å². The van der Waals surface area contributed by atoms with Gasteiger partial charge in [0.15, 0.2) is 10.9 Å². The molecule has 0 fully saturated rings. The van der Waals surface area contributed by atoms with E-state index in [-0.39, 0.29) is 16.8 Å². The molecule has 11 heteroatoms. The molecule has 0 aliphatic carbocycles. The monoisotopic (exact) mass is 704 g/mol. The van der Waals surface area contributed by atoms with Crippen LogP contribution in [-0.4, -0.2) is 69.6 Å². The van der Waals surface area contributed by atoms with Crippen molar-refractivity contribution in [3.05, 3.63) is 130 Å². The SMILES string of the molecule is C[C@H](N)C(=O)N(CCOCCOc1ccc(-c2cc(=O)c3ccccc3o2)cc1)CCOCCOc1ccc(-c2cc(=O)c3ccccc3o2)cc1. The Kier molecular flexibility index (Phi) is 12.1. The van der Waals surface area contributed by atoms with Gasteiger partial charge in [-0.15, -0.1) is 0 Å². The number of ether oxygens (including phenoxy) is 4. The summed E-state index contributed by atoms with van der Waals surface area (Å²) >= 11 is 0. The minimum absolute atomic E-state index is 0.0930. The Morgan fingerprint density at radius 3 is 1.46 bits per heavy atom. The second-order valence-electron chi connectivity index (χ2n) is 12.0. The van der Waals surface area contributed by atoms with Gasteiger partial charge in [0.05, 0.1) is 43.2 Å². The summed E-state index contributed by atoms with van der Waals surface area (Å²) in [5.74, 6) is 2.09. The predicted octanol–water partition coefficient (Wildman–Crippen LogP) is 5.90. The summed E-state index contributed by atoms with van der Waals surface area (Å²) in [5.41, 5.74) is 8.30. The van der Waals surface area contributed by atoms with Gasteiger partial charge in [0.1, 0.15) is 47.4 Å². The Morgan fingerprint density at radius 2 is 1.04 bits per heavy atom. The van der Waals surface area contributed by atoms with Gasteiger partial charge >= 0.3 is 0 Å². The minimum atomic E-state index is -0.650. The lowest BCUT2D eigenvalue weighted by Gasteiger charge is -2.24. The zero-order chi connectivity index (χ0) is 36.3.